The highest BCUT2D eigenvalue weighted by atomic mass is 19.4. The third-order valence-electron chi connectivity index (χ3n) is 4.09. The van der Waals surface area contributed by atoms with Gasteiger partial charge in [-0.05, 0) is 29.5 Å². The van der Waals surface area contributed by atoms with Crippen molar-refractivity contribution in [1.29, 1.82) is 0 Å². The monoisotopic (exact) mass is 261 g/mol. The summed E-state index contributed by atoms with van der Waals surface area (Å²) in [5, 5.41) is 0. The molecule has 0 saturated heterocycles. The van der Waals surface area contributed by atoms with Crippen LogP contribution < -0.4 is 5.73 Å². The Morgan fingerprint density at radius 1 is 1.28 bits per heavy atom. The Bertz CT molecular complexity index is 478. The highest BCUT2D eigenvalue weighted by Crippen LogP contribution is 2.63. The Labute approximate surface area is 103 Å². The van der Waals surface area contributed by atoms with E-state index in [4.69, 9.17) is 5.73 Å². The van der Waals surface area contributed by atoms with Crippen molar-refractivity contribution in [2.75, 3.05) is 6.54 Å². The Morgan fingerprint density at radius 3 is 2.22 bits per heavy atom. The summed E-state index contributed by atoms with van der Waals surface area (Å²) in [7, 11) is 0. The lowest BCUT2D eigenvalue weighted by Gasteiger charge is -2.20. The van der Waals surface area contributed by atoms with Crippen molar-refractivity contribution in [3.63, 3.8) is 0 Å². The molecule has 0 aliphatic heterocycles. The maximum atomic E-state index is 13.2. The molecule has 1 aliphatic carbocycles. The first-order chi connectivity index (χ1) is 8.14. The smallest absolute Gasteiger partial charge is 0.330 e. The van der Waals surface area contributed by atoms with Crippen molar-refractivity contribution in [1.82, 2.24) is 0 Å². The molecule has 1 unspecified atom stereocenters. The van der Waals surface area contributed by atoms with Crippen LogP contribution in [0, 0.1) is 11.2 Å². The molecule has 0 amide bonds. The van der Waals surface area contributed by atoms with E-state index < -0.39 is 23.0 Å². The molecule has 1 fully saturated rings. The first-order valence-corrected chi connectivity index (χ1v) is 5.71. The second kappa shape index (κ2) is 3.70. The van der Waals surface area contributed by atoms with Gasteiger partial charge in [-0.1, -0.05) is 19.9 Å². The summed E-state index contributed by atoms with van der Waals surface area (Å²) in [4.78, 5) is 0. The Morgan fingerprint density at radius 2 is 1.83 bits per heavy atom. The van der Waals surface area contributed by atoms with Gasteiger partial charge < -0.3 is 5.73 Å². The minimum atomic E-state index is -4.67. The lowest BCUT2D eigenvalue weighted by molar-refractivity contribution is -0.140. The summed E-state index contributed by atoms with van der Waals surface area (Å²) in [6.45, 7) is 4.18. The molecule has 1 atom stereocenters. The van der Waals surface area contributed by atoms with Crippen LogP contribution in [0.25, 0.3) is 0 Å². The van der Waals surface area contributed by atoms with Gasteiger partial charge in [0.05, 0.1) is 5.56 Å². The molecule has 0 bridgehead atoms. The standard InChI is InChI=1S/C13H15F4N/c1-11(2)6-12(11,7-18)8-3-4-10(14)9(5-8)13(15,16)17/h3-5H,6-7,18H2,1-2H3. The van der Waals surface area contributed by atoms with Gasteiger partial charge in [-0.3, -0.25) is 0 Å². The maximum absolute atomic E-state index is 13.2. The van der Waals surface area contributed by atoms with Crippen LogP contribution in [0.2, 0.25) is 0 Å². The van der Waals surface area contributed by atoms with Gasteiger partial charge in [-0.25, -0.2) is 4.39 Å². The molecule has 0 aromatic heterocycles. The lowest BCUT2D eigenvalue weighted by atomic mass is 9.87. The van der Waals surface area contributed by atoms with Crippen LogP contribution >= 0.6 is 0 Å². The fraction of sp³-hybridized carbons (Fsp3) is 0.538. The van der Waals surface area contributed by atoms with E-state index in [2.05, 4.69) is 0 Å². The number of hydrogen-bond donors (Lipinski definition) is 1. The van der Waals surface area contributed by atoms with Gasteiger partial charge in [-0.15, -0.1) is 0 Å². The van der Waals surface area contributed by atoms with Gasteiger partial charge in [0.25, 0.3) is 0 Å². The van der Waals surface area contributed by atoms with Crippen molar-refractivity contribution in [3.8, 4) is 0 Å². The molecular weight excluding hydrogens is 246 g/mol. The van der Waals surface area contributed by atoms with E-state index in [-0.39, 0.29) is 12.0 Å². The number of hydrogen-bond acceptors (Lipinski definition) is 1. The summed E-state index contributed by atoms with van der Waals surface area (Å²) in [6, 6.07) is 3.19. The SMILES string of the molecule is CC1(C)CC1(CN)c1ccc(F)c(C(F)(F)F)c1. The molecule has 0 radical (unpaired) electrons. The minimum absolute atomic E-state index is 0.136. The third-order valence-corrected chi connectivity index (χ3v) is 4.09. The second-order valence-electron chi connectivity index (χ2n) is 5.54. The van der Waals surface area contributed by atoms with Gasteiger partial charge in [-0.2, -0.15) is 13.2 Å². The summed E-state index contributed by atoms with van der Waals surface area (Å²) in [5.41, 5.74) is 4.37. The highest BCUT2D eigenvalue weighted by Gasteiger charge is 2.61. The molecule has 0 spiro atoms. The second-order valence-corrected chi connectivity index (χ2v) is 5.54. The normalized spacial score (nSPS) is 26.2. The zero-order valence-corrected chi connectivity index (χ0v) is 10.2. The minimum Gasteiger partial charge on any atom is -0.330 e. The van der Waals surface area contributed by atoms with Gasteiger partial charge in [0, 0.05) is 12.0 Å². The van der Waals surface area contributed by atoms with E-state index in [1.807, 2.05) is 13.8 Å². The maximum Gasteiger partial charge on any atom is 0.419 e. The fourth-order valence-corrected chi connectivity index (χ4v) is 2.71. The van der Waals surface area contributed by atoms with E-state index in [1.54, 1.807) is 0 Å². The molecule has 5 heteroatoms. The van der Waals surface area contributed by atoms with Crippen molar-refractivity contribution in [2.45, 2.75) is 31.9 Å². The van der Waals surface area contributed by atoms with Gasteiger partial charge in [0.2, 0.25) is 0 Å². The first kappa shape index (κ1) is 13.3. The average molecular weight is 261 g/mol. The van der Waals surface area contributed by atoms with E-state index >= 15 is 0 Å². The molecule has 100 valence electrons. The topological polar surface area (TPSA) is 26.0 Å². The van der Waals surface area contributed by atoms with E-state index in [0.717, 1.165) is 18.6 Å². The fourth-order valence-electron chi connectivity index (χ4n) is 2.71. The predicted octanol–water partition coefficient (Wildman–Crippen LogP) is 3.47. The largest absolute Gasteiger partial charge is 0.419 e. The summed E-state index contributed by atoms with van der Waals surface area (Å²) >= 11 is 0. The van der Waals surface area contributed by atoms with E-state index in [1.165, 1.54) is 6.07 Å². The van der Waals surface area contributed by atoms with Crippen molar-refractivity contribution >= 4 is 0 Å². The lowest BCUT2D eigenvalue weighted by Crippen LogP contribution is -2.26. The van der Waals surface area contributed by atoms with Crippen molar-refractivity contribution in [2.24, 2.45) is 11.1 Å². The van der Waals surface area contributed by atoms with Crippen LogP contribution in [0.15, 0.2) is 18.2 Å². The Hall–Kier alpha value is -1.10. The highest BCUT2D eigenvalue weighted by molar-refractivity contribution is 5.41. The van der Waals surface area contributed by atoms with Crippen LogP contribution in [0.4, 0.5) is 17.6 Å². The van der Waals surface area contributed by atoms with E-state index in [9.17, 15) is 17.6 Å². The molecule has 1 saturated carbocycles. The number of halogens is 4. The molecular formula is C13H15F4N. The molecule has 1 aromatic rings. The molecule has 2 rings (SSSR count). The van der Waals surface area contributed by atoms with Gasteiger partial charge >= 0.3 is 6.18 Å². The van der Waals surface area contributed by atoms with Crippen LogP contribution in [-0.4, -0.2) is 6.54 Å². The Kier molecular flexibility index (Phi) is 2.74. The average Bonchev–Trinajstić information content (AvgIpc) is 2.81. The predicted molar refractivity (Wildman–Crippen MR) is 60.5 cm³/mol. The number of alkyl halides is 3. The molecule has 1 aromatic carbocycles. The zero-order valence-electron chi connectivity index (χ0n) is 10.2. The first-order valence-electron chi connectivity index (χ1n) is 5.71. The Balaban J connectivity index is 2.49. The molecule has 2 N–H and O–H groups in total. The summed E-state index contributed by atoms with van der Waals surface area (Å²) in [5.74, 6) is -1.24. The number of rotatable bonds is 2. The quantitative estimate of drug-likeness (QED) is 0.810. The van der Waals surface area contributed by atoms with Crippen LogP contribution in [0.1, 0.15) is 31.4 Å². The number of benzene rings is 1. The molecule has 18 heavy (non-hydrogen) atoms. The van der Waals surface area contributed by atoms with Gasteiger partial charge in [0.1, 0.15) is 5.82 Å². The van der Waals surface area contributed by atoms with Crippen LogP contribution in [-0.2, 0) is 11.6 Å². The number of nitrogens with two attached hydrogens (primary N) is 1. The molecule has 0 heterocycles. The van der Waals surface area contributed by atoms with E-state index in [0.29, 0.717) is 5.56 Å². The van der Waals surface area contributed by atoms with Crippen LogP contribution in [0.5, 0.6) is 0 Å². The van der Waals surface area contributed by atoms with Crippen molar-refractivity contribution < 1.29 is 17.6 Å². The molecule has 1 nitrogen and oxygen atoms in total. The summed E-state index contributed by atoms with van der Waals surface area (Å²) < 4.78 is 51.2. The van der Waals surface area contributed by atoms with Crippen molar-refractivity contribution in [3.05, 3.63) is 35.1 Å². The van der Waals surface area contributed by atoms with Crippen LogP contribution in [0.3, 0.4) is 0 Å². The molecule has 1 aliphatic rings. The van der Waals surface area contributed by atoms with Gasteiger partial charge in [0.15, 0.2) is 0 Å². The third kappa shape index (κ3) is 1.81. The zero-order chi connectivity index (χ0) is 13.8. The summed E-state index contributed by atoms with van der Waals surface area (Å²) in [6.07, 6.45) is -3.95.